The van der Waals surface area contributed by atoms with Gasteiger partial charge in [0, 0.05) is 6.07 Å². The van der Waals surface area contributed by atoms with Crippen molar-refractivity contribution in [2.75, 3.05) is 0 Å². The van der Waals surface area contributed by atoms with Gasteiger partial charge in [0.05, 0.1) is 4.47 Å². The van der Waals surface area contributed by atoms with Crippen molar-refractivity contribution >= 4 is 21.9 Å². The van der Waals surface area contributed by atoms with Crippen molar-refractivity contribution in [3.63, 3.8) is 0 Å². The first kappa shape index (κ1) is 13.3. The van der Waals surface area contributed by atoms with Crippen molar-refractivity contribution in [3.8, 4) is 0 Å². The zero-order valence-electron chi connectivity index (χ0n) is 9.70. The molecule has 0 saturated carbocycles. The van der Waals surface area contributed by atoms with Crippen LogP contribution < -0.4 is 0 Å². The van der Waals surface area contributed by atoms with Crippen LogP contribution in [0.2, 0.25) is 0 Å². The minimum atomic E-state index is -0.773. The summed E-state index contributed by atoms with van der Waals surface area (Å²) < 4.78 is 10.9. The number of furan rings is 1. The van der Waals surface area contributed by atoms with Crippen molar-refractivity contribution < 1.29 is 19.1 Å². The Kier molecular flexibility index (Phi) is 3.80. The summed E-state index contributed by atoms with van der Waals surface area (Å²) >= 11 is 3.20. The highest BCUT2D eigenvalue weighted by Gasteiger charge is 2.23. The van der Waals surface area contributed by atoms with Crippen LogP contribution in [0.1, 0.15) is 50.1 Å². The molecule has 90 valence electrons. The van der Waals surface area contributed by atoms with E-state index < -0.39 is 17.7 Å². The van der Waals surface area contributed by atoms with Crippen LogP contribution in [0.3, 0.4) is 0 Å². The summed E-state index contributed by atoms with van der Waals surface area (Å²) in [5, 5.41) is 9.36. The Hall–Kier alpha value is -0.810. The van der Waals surface area contributed by atoms with Crippen LogP contribution in [0.15, 0.2) is 15.0 Å². The second kappa shape index (κ2) is 4.59. The third-order valence-electron chi connectivity index (χ3n) is 1.69. The molecule has 16 heavy (non-hydrogen) atoms. The van der Waals surface area contributed by atoms with E-state index in [0.717, 1.165) is 0 Å². The lowest BCUT2D eigenvalue weighted by atomic mass is 10.2. The highest BCUT2D eigenvalue weighted by Crippen LogP contribution is 2.28. The number of hydrogen-bond acceptors (Lipinski definition) is 4. The van der Waals surface area contributed by atoms with E-state index in [9.17, 15) is 9.90 Å². The summed E-state index contributed by atoms with van der Waals surface area (Å²) in [6.07, 6.45) is -0.773. The molecule has 0 spiro atoms. The number of carbonyl (C=O) groups excluding carboxylic acids is 1. The summed E-state index contributed by atoms with van der Waals surface area (Å²) in [4.78, 5) is 11.6. The van der Waals surface area contributed by atoms with Crippen molar-refractivity contribution in [2.24, 2.45) is 0 Å². The fourth-order valence-electron chi connectivity index (χ4n) is 1.10. The molecule has 5 heteroatoms. The first-order valence-corrected chi connectivity index (χ1v) is 5.70. The molecule has 0 aliphatic rings. The van der Waals surface area contributed by atoms with E-state index in [1.165, 1.54) is 6.07 Å². The molecule has 1 unspecified atom stereocenters. The maximum atomic E-state index is 11.6. The Morgan fingerprint density at radius 3 is 2.50 bits per heavy atom. The molecule has 1 heterocycles. The van der Waals surface area contributed by atoms with Gasteiger partial charge >= 0.3 is 5.97 Å². The zero-order chi connectivity index (χ0) is 12.5. The molecule has 1 aromatic heterocycles. The molecule has 1 rings (SSSR count). The number of rotatable bonds is 2. The molecule has 0 aliphatic carbocycles. The molecule has 0 amide bonds. The van der Waals surface area contributed by atoms with Crippen LogP contribution in [-0.2, 0) is 4.74 Å². The van der Waals surface area contributed by atoms with Gasteiger partial charge in [-0.15, -0.1) is 0 Å². The van der Waals surface area contributed by atoms with E-state index in [2.05, 4.69) is 15.9 Å². The van der Waals surface area contributed by atoms with E-state index in [-0.39, 0.29) is 5.76 Å². The smallest absolute Gasteiger partial charge is 0.374 e. The first-order valence-electron chi connectivity index (χ1n) is 4.91. The van der Waals surface area contributed by atoms with Crippen molar-refractivity contribution in [2.45, 2.75) is 39.4 Å². The predicted octanol–water partition coefficient (Wildman–Crippen LogP) is 3.05. The molecular weight excluding hydrogens is 276 g/mol. The molecule has 1 atom stereocenters. The van der Waals surface area contributed by atoms with Gasteiger partial charge in [-0.25, -0.2) is 4.79 Å². The van der Waals surface area contributed by atoms with Gasteiger partial charge in [-0.2, -0.15) is 0 Å². The van der Waals surface area contributed by atoms with E-state index in [1.54, 1.807) is 27.7 Å². The fourth-order valence-corrected chi connectivity index (χ4v) is 1.72. The number of aliphatic hydroxyl groups excluding tert-OH is 1. The fraction of sp³-hybridized carbons (Fsp3) is 0.545. The van der Waals surface area contributed by atoms with Crippen LogP contribution >= 0.6 is 15.9 Å². The second-order valence-corrected chi connectivity index (χ2v) is 5.36. The highest BCUT2D eigenvalue weighted by atomic mass is 79.9. The molecular formula is C11H15BrO4. The lowest BCUT2D eigenvalue weighted by Gasteiger charge is -2.18. The Balaban J connectivity index is 2.90. The first-order chi connectivity index (χ1) is 7.20. The van der Waals surface area contributed by atoms with Crippen LogP contribution in [0.4, 0.5) is 0 Å². The normalized spacial score (nSPS) is 13.6. The Bertz CT molecular complexity index is 387. The SMILES string of the molecule is CC(O)c1oc(C(=O)OC(C)(C)C)cc1Br. The zero-order valence-corrected chi connectivity index (χ0v) is 11.3. The summed E-state index contributed by atoms with van der Waals surface area (Å²) in [6.45, 7) is 6.89. The van der Waals surface area contributed by atoms with E-state index in [1.807, 2.05) is 0 Å². The van der Waals surface area contributed by atoms with Crippen LogP contribution in [0.25, 0.3) is 0 Å². The topological polar surface area (TPSA) is 59.7 Å². The summed E-state index contributed by atoms with van der Waals surface area (Å²) in [5.41, 5.74) is -0.568. The number of esters is 1. The third kappa shape index (κ3) is 3.35. The molecule has 0 bridgehead atoms. The van der Waals surface area contributed by atoms with Gasteiger partial charge in [0.1, 0.15) is 17.5 Å². The van der Waals surface area contributed by atoms with Gasteiger partial charge in [-0.1, -0.05) is 0 Å². The van der Waals surface area contributed by atoms with Gasteiger partial charge in [0.2, 0.25) is 5.76 Å². The quantitative estimate of drug-likeness (QED) is 0.851. The van der Waals surface area contributed by atoms with E-state index >= 15 is 0 Å². The highest BCUT2D eigenvalue weighted by molar-refractivity contribution is 9.10. The van der Waals surface area contributed by atoms with Crippen molar-refractivity contribution in [3.05, 3.63) is 22.1 Å². The number of halogens is 1. The average Bonchev–Trinajstić information content (AvgIpc) is 2.44. The van der Waals surface area contributed by atoms with Gasteiger partial charge < -0.3 is 14.3 Å². The van der Waals surface area contributed by atoms with E-state index in [4.69, 9.17) is 9.15 Å². The largest absolute Gasteiger partial charge is 0.454 e. The molecule has 0 saturated heterocycles. The summed E-state index contributed by atoms with van der Waals surface area (Å²) in [7, 11) is 0. The van der Waals surface area contributed by atoms with Crippen LogP contribution in [0.5, 0.6) is 0 Å². The second-order valence-electron chi connectivity index (χ2n) is 4.50. The standard InChI is InChI=1S/C11H15BrO4/c1-6(13)9-7(12)5-8(15-9)10(14)16-11(2,3)4/h5-6,13H,1-4H3. The number of hydrogen-bond donors (Lipinski definition) is 1. The summed E-state index contributed by atoms with van der Waals surface area (Å²) in [6, 6.07) is 1.50. The molecule has 1 aromatic rings. The molecule has 0 aliphatic heterocycles. The van der Waals surface area contributed by atoms with Crippen molar-refractivity contribution in [1.82, 2.24) is 0 Å². The van der Waals surface area contributed by atoms with Gasteiger partial charge in [-0.3, -0.25) is 0 Å². The maximum Gasteiger partial charge on any atom is 0.374 e. The minimum absolute atomic E-state index is 0.0812. The summed E-state index contributed by atoms with van der Waals surface area (Å²) in [5.74, 6) is -0.140. The number of ether oxygens (including phenoxy) is 1. The van der Waals surface area contributed by atoms with E-state index in [0.29, 0.717) is 10.2 Å². The Morgan fingerprint density at radius 2 is 2.12 bits per heavy atom. The predicted molar refractivity (Wildman–Crippen MR) is 62.2 cm³/mol. The Morgan fingerprint density at radius 1 is 1.56 bits per heavy atom. The maximum absolute atomic E-state index is 11.6. The lowest BCUT2D eigenvalue weighted by Crippen LogP contribution is -2.23. The van der Waals surface area contributed by atoms with Crippen LogP contribution in [0, 0.1) is 0 Å². The average molecular weight is 291 g/mol. The van der Waals surface area contributed by atoms with Gasteiger partial charge in [-0.05, 0) is 43.6 Å². The molecule has 0 fully saturated rings. The van der Waals surface area contributed by atoms with Gasteiger partial charge in [0.25, 0.3) is 0 Å². The molecule has 1 N–H and O–H groups in total. The van der Waals surface area contributed by atoms with Crippen molar-refractivity contribution in [1.29, 1.82) is 0 Å². The number of aliphatic hydroxyl groups is 1. The van der Waals surface area contributed by atoms with Gasteiger partial charge in [0.15, 0.2) is 0 Å². The van der Waals surface area contributed by atoms with Crippen LogP contribution in [-0.4, -0.2) is 16.7 Å². The molecule has 4 nitrogen and oxygen atoms in total. The monoisotopic (exact) mass is 290 g/mol. The third-order valence-corrected chi connectivity index (χ3v) is 2.31. The Labute approximate surface area is 103 Å². The molecule has 0 radical (unpaired) electrons. The lowest BCUT2D eigenvalue weighted by molar-refractivity contribution is 0.00312. The molecule has 0 aromatic carbocycles. The number of carbonyl (C=O) groups is 1. The minimum Gasteiger partial charge on any atom is -0.454 e.